The zero-order chi connectivity index (χ0) is 18.5. The van der Waals surface area contributed by atoms with Crippen LogP contribution in [0.5, 0.6) is 5.75 Å². The molecule has 2 amide bonds. The van der Waals surface area contributed by atoms with Crippen LogP contribution < -0.4 is 10.1 Å². The van der Waals surface area contributed by atoms with E-state index in [9.17, 15) is 9.59 Å². The van der Waals surface area contributed by atoms with Crippen molar-refractivity contribution in [2.75, 3.05) is 25.5 Å². The van der Waals surface area contributed by atoms with E-state index in [-0.39, 0.29) is 17.5 Å². The molecule has 1 fully saturated rings. The Morgan fingerprint density at radius 1 is 1.15 bits per heavy atom. The second-order valence-electron chi connectivity index (χ2n) is 6.59. The lowest BCUT2D eigenvalue weighted by atomic mass is 10.00. The molecule has 1 unspecified atom stereocenters. The average molecular weight is 353 g/mol. The Kier molecular flexibility index (Phi) is 5.51. The minimum atomic E-state index is -0.350. The molecule has 0 saturated carbocycles. The fourth-order valence-electron chi connectivity index (χ4n) is 3.09. The van der Waals surface area contributed by atoms with Crippen LogP contribution in [0.1, 0.15) is 40.7 Å². The van der Waals surface area contributed by atoms with Crippen molar-refractivity contribution in [3.63, 3.8) is 0 Å². The maximum Gasteiger partial charge on any atom is 0.274 e. The monoisotopic (exact) mass is 353 g/mol. The molecule has 0 aliphatic carbocycles. The van der Waals surface area contributed by atoms with E-state index in [2.05, 4.69) is 17.2 Å². The summed E-state index contributed by atoms with van der Waals surface area (Å²) in [6.45, 7) is 3.63. The second kappa shape index (κ2) is 7.99. The maximum absolute atomic E-state index is 12.7. The van der Waals surface area contributed by atoms with Gasteiger partial charge in [-0.1, -0.05) is 13.0 Å². The van der Waals surface area contributed by atoms with Gasteiger partial charge in [0, 0.05) is 18.8 Å². The van der Waals surface area contributed by atoms with E-state index in [1.54, 1.807) is 49.6 Å². The Labute approximate surface area is 153 Å². The van der Waals surface area contributed by atoms with Crippen LogP contribution in [0.3, 0.4) is 0 Å². The largest absolute Gasteiger partial charge is 0.497 e. The van der Waals surface area contributed by atoms with Crippen molar-refractivity contribution in [1.29, 1.82) is 0 Å². The van der Waals surface area contributed by atoms with Crippen molar-refractivity contribution in [1.82, 2.24) is 9.88 Å². The first kappa shape index (κ1) is 17.9. The third-order valence-corrected chi connectivity index (χ3v) is 4.49. The molecule has 1 saturated heterocycles. The highest BCUT2D eigenvalue weighted by Gasteiger charge is 2.23. The molecule has 6 heteroatoms. The van der Waals surface area contributed by atoms with Crippen molar-refractivity contribution >= 4 is 17.5 Å². The number of nitrogens with zero attached hydrogens (tertiary/aromatic N) is 2. The third-order valence-electron chi connectivity index (χ3n) is 4.49. The van der Waals surface area contributed by atoms with Crippen LogP contribution in [-0.2, 0) is 0 Å². The van der Waals surface area contributed by atoms with Gasteiger partial charge in [-0.15, -0.1) is 0 Å². The minimum Gasteiger partial charge on any atom is -0.497 e. The van der Waals surface area contributed by atoms with E-state index in [1.165, 1.54) is 0 Å². The first-order chi connectivity index (χ1) is 12.6. The first-order valence-corrected chi connectivity index (χ1v) is 8.78. The van der Waals surface area contributed by atoms with Crippen molar-refractivity contribution < 1.29 is 14.3 Å². The number of piperidine rings is 1. The number of carbonyl (C=O) groups is 2. The molecule has 1 aromatic heterocycles. The SMILES string of the molecule is COc1ccc(NC(=O)c2cccc(C(=O)N3CCCC(C)C3)n2)cc1. The Hall–Kier alpha value is -2.89. The molecule has 1 atom stereocenters. The molecule has 1 aliphatic rings. The molecule has 6 nitrogen and oxygen atoms in total. The summed E-state index contributed by atoms with van der Waals surface area (Å²) < 4.78 is 5.10. The highest BCUT2D eigenvalue weighted by molar-refractivity contribution is 6.03. The highest BCUT2D eigenvalue weighted by atomic mass is 16.5. The van der Waals surface area contributed by atoms with Gasteiger partial charge in [0.05, 0.1) is 7.11 Å². The molecule has 1 aliphatic heterocycles. The smallest absolute Gasteiger partial charge is 0.274 e. The summed E-state index contributed by atoms with van der Waals surface area (Å²) in [7, 11) is 1.59. The van der Waals surface area contributed by atoms with E-state index in [1.807, 2.05) is 4.90 Å². The van der Waals surface area contributed by atoms with E-state index >= 15 is 0 Å². The summed E-state index contributed by atoms with van der Waals surface area (Å²) in [6.07, 6.45) is 2.14. The van der Waals surface area contributed by atoms with Gasteiger partial charge in [-0.2, -0.15) is 0 Å². The molecule has 2 aromatic rings. The fourth-order valence-corrected chi connectivity index (χ4v) is 3.09. The number of aromatic nitrogens is 1. The normalized spacial score (nSPS) is 16.8. The third kappa shape index (κ3) is 4.20. The van der Waals surface area contributed by atoms with Crippen LogP contribution >= 0.6 is 0 Å². The number of likely N-dealkylation sites (tertiary alicyclic amines) is 1. The molecular formula is C20H23N3O3. The summed E-state index contributed by atoms with van der Waals surface area (Å²) in [4.78, 5) is 31.2. The average Bonchev–Trinajstić information content (AvgIpc) is 2.68. The second-order valence-corrected chi connectivity index (χ2v) is 6.59. The number of amides is 2. The number of methoxy groups -OCH3 is 1. The number of ether oxygens (including phenoxy) is 1. The molecule has 0 radical (unpaired) electrons. The molecule has 0 bridgehead atoms. The Morgan fingerprint density at radius 3 is 2.58 bits per heavy atom. The number of carbonyl (C=O) groups excluding carboxylic acids is 2. The number of hydrogen-bond donors (Lipinski definition) is 1. The van der Waals surface area contributed by atoms with Crippen molar-refractivity contribution in [3.05, 3.63) is 53.9 Å². The molecule has 136 valence electrons. The molecule has 1 N–H and O–H groups in total. The van der Waals surface area contributed by atoms with Crippen LogP contribution in [0.2, 0.25) is 0 Å². The lowest BCUT2D eigenvalue weighted by molar-refractivity contribution is 0.0677. The standard InChI is InChI=1S/C20H23N3O3/c1-14-5-4-12-23(13-14)20(25)18-7-3-6-17(22-18)19(24)21-15-8-10-16(26-2)11-9-15/h3,6-11,14H,4-5,12-13H2,1-2H3,(H,21,24). The lowest BCUT2D eigenvalue weighted by Gasteiger charge is -2.30. The molecule has 0 spiro atoms. The van der Waals surface area contributed by atoms with Crippen molar-refractivity contribution in [2.45, 2.75) is 19.8 Å². The van der Waals surface area contributed by atoms with Crippen molar-refractivity contribution in [3.8, 4) is 5.75 Å². The number of rotatable bonds is 4. The minimum absolute atomic E-state index is 0.115. The van der Waals surface area contributed by atoms with Gasteiger partial charge in [-0.05, 0) is 55.2 Å². The van der Waals surface area contributed by atoms with Gasteiger partial charge >= 0.3 is 0 Å². The van der Waals surface area contributed by atoms with Gasteiger partial charge < -0.3 is 15.0 Å². The summed E-state index contributed by atoms with van der Waals surface area (Å²) in [5.41, 5.74) is 1.16. The zero-order valence-electron chi connectivity index (χ0n) is 15.1. The predicted molar refractivity (Wildman–Crippen MR) is 99.5 cm³/mol. The number of benzene rings is 1. The van der Waals surface area contributed by atoms with Gasteiger partial charge in [0.2, 0.25) is 0 Å². The topological polar surface area (TPSA) is 71.5 Å². The number of anilines is 1. The highest BCUT2D eigenvalue weighted by Crippen LogP contribution is 2.18. The van der Waals surface area contributed by atoms with Crippen LogP contribution in [-0.4, -0.2) is 41.9 Å². The fraction of sp³-hybridized carbons (Fsp3) is 0.350. The Bertz CT molecular complexity index is 789. The Balaban J connectivity index is 1.71. The predicted octanol–water partition coefficient (Wildman–Crippen LogP) is 3.21. The summed E-state index contributed by atoms with van der Waals surface area (Å²) in [5, 5.41) is 2.78. The van der Waals surface area contributed by atoms with E-state index in [0.717, 1.165) is 25.9 Å². The first-order valence-electron chi connectivity index (χ1n) is 8.78. The zero-order valence-corrected chi connectivity index (χ0v) is 15.1. The van der Waals surface area contributed by atoms with Crippen molar-refractivity contribution in [2.24, 2.45) is 5.92 Å². The molecule has 1 aromatic carbocycles. The van der Waals surface area contributed by atoms with Gasteiger partial charge in [-0.3, -0.25) is 9.59 Å². The summed E-state index contributed by atoms with van der Waals surface area (Å²) in [6, 6.07) is 12.0. The lowest BCUT2D eigenvalue weighted by Crippen LogP contribution is -2.39. The Morgan fingerprint density at radius 2 is 1.88 bits per heavy atom. The van der Waals surface area contributed by atoms with Crippen LogP contribution in [0.4, 0.5) is 5.69 Å². The van der Waals surface area contributed by atoms with Gasteiger partial charge in [0.1, 0.15) is 17.1 Å². The summed E-state index contributed by atoms with van der Waals surface area (Å²) in [5.74, 6) is 0.742. The van der Waals surface area contributed by atoms with Gasteiger partial charge in [0.15, 0.2) is 0 Å². The maximum atomic E-state index is 12.7. The number of pyridine rings is 1. The molecule has 2 heterocycles. The van der Waals surface area contributed by atoms with Gasteiger partial charge in [-0.25, -0.2) is 4.98 Å². The number of hydrogen-bond acceptors (Lipinski definition) is 4. The summed E-state index contributed by atoms with van der Waals surface area (Å²) >= 11 is 0. The quantitative estimate of drug-likeness (QED) is 0.916. The van der Waals surface area contributed by atoms with E-state index < -0.39 is 0 Å². The van der Waals surface area contributed by atoms with E-state index in [0.29, 0.717) is 23.0 Å². The number of nitrogens with one attached hydrogen (secondary N) is 1. The van der Waals surface area contributed by atoms with Crippen LogP contribution in [0, 0.1) is 5.92 Å². The van der Waals surface area contributed by atoms with E-state index in [4.69, 9.17) is 4.74 Å². The van der Waals surface area contributed by atoms with Crippen LogP contribution in [0.15, 0.2) is 42.5 Å². The molecule has 26 heavy (non-hydrogen) atoms. The molecular weight excluding hydrogens is 330 g/mol. The van der Waals surface area contributed by atoms with Crippen LogP contribution in [0.25, 0.3) is 0 Å². The van der Waals surface area contributed by atoms with Gasteiger partial charge in [0.25, 0.3) is 11.8 Å². The molecule has 3 rings (SSSR count).